The summed E-state index contributed by atoms with van der Waals surface area (Å²) in [4.78, 5) is 18.7. The first-order valence-corrected chi connectivity index (χ1v) is 3.15. The fourth-order valence-corrected chi connectivity index (χ4v) is 0.203. The molecule has 0 aromatic heterocycles. The number of carbonyl (C=O) groups is 2. The van der Waals surface area contributed by atoms with Crippen molar-refractivity contribution in [2.45, 2.75) is 20.0 Å². The molecule has 3 N–H and O–H groups in total. The summed E-state index contributed by atoms with van der Waals surface area (Å²) in [6, 6.07) is 0. The highest BCUT2D eigenvalue weighted by atomic mass is 19.4. The maximum absolute atomic E-state index is 10.6. The second kappa shape index (κ2) is 8.30. The van der Waals surface area contributed by atoms with Crippen molar-refractivity contribution in [2.24, 2.45) is 0 Å². The number of aliphatic carboxylic acids is 1. The van der Waals surface area contributed by atoms with Gasteiger partial charge in [-0.2, -0.15) is 13.2 Å². The van der Waals surface area contributed by atoms with Gasteiger partial charge in [-0.05, 0) is 6.92 Å². The highest BCUT2D eigenvalue weighted by Gasteiger charge is 2.38. The Morgan fingerprint density at radius 2 is 1.64 bits per heavy atom. The molecule has 0 aliphatic rings. The van der Waals surface area contributed by atoms with Crippen LogP contribution in [0.1, 0.15) is 13.8 Å². The van der Waals surface area contributed by atoms with Crippen molar-refractivity contribution in [1.82, 2.24) is 0 Å². The minimum absolute atomic E-state index is 0. The third kappa shape index (κ3) is 17.0. The van der Waals surface area contributed by atoms with Gasteiger partial charge in [-0.1, -0.05) is 0 Å². The maximum atomic E-state index is 10.6. The van der Waals surface area contributed by atoms with Crippen LogP contribution >= 0.6 is 0 Å². The summed E-state index contributed by atoms with van der Waals surface area (Å²) in [6.07, 6.45) is -5.08. The van der Waals surface area contributed by atoms with E-state index in [2.05, 4.69) is 4.74 Å². The molecule has 0 heterocycles. The van der Waals surface area contributed by atoms with Gasteiger partial charge in [-0.25, -0.2) is 4.79 Å². The fraction of sp³-hybridized carbons (Fsp3) is 0.667. The van der Waals surface area contributed by atoms with Gasteiger partial charge in [-0.15, -0.1) is 0 Å². The van der Waals surface area contributed by atoms with E-state index >= 15 is 0 Å². The molecule has 8 heteroatoms. The van der Waals surface area contributed by atoms with Crippen LogP contribution in [0.25, 0.3) is 0 Å². The van der Waals surface area contributed by atoms with E-state index in [1.54, 1.807) is 6.92 Å². The van der Waals surface area contributed by atoms with E-state index in [1.165, 1.54) is 6.92 Å². The molecule has 0 amide bonds. The molecular weight excluding hydrogens is 209 g/mol. The molecule has 0 rings (SSSR count). The molecule has 14 heavy (non-hydrogen) atoms. The lowest BCUT2D eigenvalue weighted by Crippen LogP contribution is -2.21. The number of carboxylic acids is 1. The third-order valence-corrected chi connectivity index (χ3v) is 0.590. The molecule has 0 radical (unpaired) electrons. The summed E-state index contributed by atoms with van der Waals surface area (Å²) in [5.41, 5.74) is 0. The van der Waals surface area contributed by atoms with Crippen LogP contribution in [-0.4, -0.2) is 35.3 Å². The number of hydrogen-bond acceptors (Lipinski definition) is 3. The largest absolute Gasteiger partial charge is 0.490 e. The van der Waals surface area contributed by atoms with Crippen LogP contribution < -0.4 is 0 Å². The van der Waals surface area contributed by atoms with Crippen molar-refractivity contribution in [1.29, 1.82) is 0 Å². The summed E-state index contributed by atoms with van der Waals surface area (Å²) in [7, 11) is 0. The van der Waals surface area contributed by atoms with E-state index < -0.39 is 12.1 Å². The number of rotatable bonds is 1. The van der Waals surface area contributed by atoms with Gasteiger partial charge in [0, 0.05) is 6.92 Å². The summed E-state index contributed by atoms with van der Waals surface area (Å²) in [6.45, 7) is 3.65. The average Bonchev–Trinajstić information content (AvgIpc) is 1.85. The van der Waals surface area contributed by atoms with Crippen molar-refractivity contribution in [3.05, 3.63) is 0 Å². The topological polar surface area (TPSA) is 95.1 Å². The zero-order valence-corrected chi connectivity index (χ0v) is 7.51. The molecule has 86 valence electrons. The molecule has 0 bridgehead atoms. The number of carbonyl (C=O) groups excluding carboxylic acids is 1. The van der Waals surface area contributed by atoms with E-state index in [-0.39, 0.29) is 11.4 Å². The Morgan fingerprint density at radius 3 is 1.64 bits per heavy atom. The van der Waals surface area contributed by atoms with Crippen LogP contribution in [0.4, 0.5) is 13.2 Å². The minimum atomic E-state index is -5.08. The zero-order chi connectivity index (χ0) is 11.1. The standard InChI is InChI=1S/C4H8O2.C2HF3O2.H2O/c1-3-6-4(2)5;3-2(4,5)1(6)7;/h3H2,1-2H3;(H,6,7);1H2. The van der Waals surface area contributed by atoms with Crippen LogP contribution in [0.3, 0.4) is 0 Å². The lowest BCUT2D eigenvalue weighted by molar-refractivity contribution is -0.192. The number of halogens is 3. The van der Waals surface area contributed by atoms with Crippen molar-refractivity contribution < 1.29 is 38.1 Å². The van der Waals surface area contributed by atoms with Gasteiger partial charge in [0.15, 0.2) is 0 Å². The second-order valence-electron chi connectivity index (χ2n) is 1.73. The highest BCUT2D eigenvalue weighted by molar-refractivity contribution is 5.73. The van der Waals surface area contributed by atoms with Gasteiger partial charge < -0.3 is 15.3 Å². The molecule has 0 saturated heterocycles. The molecule has 0 aliphatic heterocycles. The molecule has 0 aliphatic carbocycles. The Balaban J connectivity index is -0.000000163. The van der Waals surface area contributed by atoms with E-state index in [0.29, 0.717) is 6.61 Å². The number of alkyl halides is 3. The van der Waals surface area contributed by atoms with Crippen LogP contribution in [0, 0.1) is 0 Å². The van der Waals surface area contributed by atoms with E-state index in [1.807, 2.05) is 0 Å². The Bertz CT molecular complexity index is 177. The van der Waals surface area contributed by atoms with E-state index in [4.69, 9.17) is 9.90 Å². The van der Waals surface area contributed by atoms with Gasteiger partial charge in [-0.3, -0.25) is 4.79 Å². The SMILES string of the molecule is CCOC(C)=O.O.O=C(O)C(F)(F)F. The van der Waals surface area contributed by atoms with Crippen LogP contribution in [0.5, 0.6) is 0 Å². The zero-order valence-electron chi connectivity index (χ0n) is 7.51. The monoisotopic (exact) mass is 220 g/mol. The third-order valence-electron chi connectivity index (χ3n) is 0.590. The smallest absolute Gasteiger partial charge is 0.475 e. The van der Waals surface area contributed by atoms with E-state index in [0.717, 1.165) is 0 Å². The molecular formula is C6H11F3O5. The maximum Gasteiger partial charge on any atom is 0.490 e. The molecule has 0 saturated carbocycles. The van der Waals surface area contributed by atoms with Gasteiger partial charge >= 0.3 is 18.1 Å². The molecule has 0 atom stereocenters. The van der Waals surface area contributed by atoms with E-state index in [9.17, 15) is 18.0 Å². The lowest BCUT2D eigenvalue weighted by Gasteiger charge is -1.93. The minimum Gasteiger partial charge on any atom is -0.475 e. The van der Waals surface area contributed by atoms with Crippen LogP contribution in [-0.2, 0) is 14.3 Å². The first-order valence-electron chi connectivity index (χ1n) is 3.15. The fourth-order valence-electron chi connectivity index (χ4n) is 0.203. The Labute approximate surface area is 77.8 Å². The van der Waals surface area contributed by atoms with Crippen molar-refractivity contribution in [3.8, 4) is 0 Å². The number of esters is 1. The Kier molecular flexibility index (Phi) is 10.9. The van der Waals surface area contributed by atoms with Gasteiger partial charge in [0.2, 0.25) is 0 Å². The molecule has 0 fully saturated rings. The predicted octanol–water partition coefficient (Wildman–Crippen LogP) is 0.378. The Morgan fingerprint density at radius 1 is 1.36 bits per heavy atom. The molecule has 0 unspecified atom stereocenters. The average molecular weight is 220 g/mol. The Hall–Kier alpha value is -1.31. The van der Waals surface area contributed by atoms with Crippen LogP contribution in [0.2, 0.25) is 0 Å². The van der Waals surface area contributed by atoms with Crippen molar-refractivity contribution in [2.75, 3.05) is 6.61 Å². The van der Waals surface area contributed by atoms with Gasteiger partial charge in [0.25, 0.3) is 0 Å². The number of hydrogen-bond donors (Lipinski definition) is 1. The molecule has 0 aromatic rings. The quantitative estimate of drug-likeness (QED) is 0.646. The summed E-state index contributed by atoms with van der Waals surface area (Å²) < 4.78 is 36.1. The predicted molar refractivity (Wildman–Crippen MR) is 39.6 cm³/mol. The first kappa shape index (κ1) is 18.5. The van der Waals surface area contributed by atoms with Crippen LogP contribution in [0.15, 0.2) is 0 Å². The highest BCUT2D eigenvalue weighted by Crippen LogP contribution is 2.13. The van der Waals surface area contributed by atoms with Gasteiger partial charge in [0.1, 0.15) is 0 Å². The number of carboxylic acid groups (broad SMARTS) is 1. The summed E-state index contributed by atoms with van der Waals surface area (Å²) in [5, 5.41) is 7.12. The first-order chi connectivity index (χ1) is 5.71. The normalized spacial score (nSPS) is 8.93. The molecule has 5 nitrogen and oxygen atoms in total. The van der Waals surface area contributed by atoms with Crippen molar-refractivity contribution >= 4 is 11.9 Å². The van der Waals surface area contributed by atoms with Crippen molar-refractivity contribution in [3.63, 3.8) is 0 Å². The summed E-state index contributed by atoms with van der Waals surface area (Å²) >= 11 is 0. The number of ether oxygens (including phenoxy) is 1. The second-order valence-corrected chi connectivity index (χ2v) is 1.73. The molecule has 0 spiro atoms. The summed E-state index contributed by atoms with van der Waals surface area (Å²) in [5.74, 6) is -2.97. The van der Waals surface area contributed by atoms with Gasteiger partial charge in [0.05, 0.1) is 6.61 Å². The lowest BCUT2D eigenvalue weighted by atomic mass is 10.7. The molecule has 0 aromatic carbocycles.